The standard InChI is InChI=1S/C25H19ClIN3O5/c1-15-3-6-19(12-21(15)26)29-24(31)14-35-25-22(27)10-16(11-23(25)34-2)9-18(13-28)17-4-7-20(8-5-17)30(32)33/h3-12H,14H2,1-2H3,(H,29,31)/b18-9+. The van der Waals surface area contributed by atoms with E-state index in [4.69, 9.17) is 21.1 Å². The first-order valence-electron chi connectivity index (χ1n) is 10.1. The molecule has 0 saturated carbocycles. The van der Waals surface area contributed by atoms with E-state index < -0.39 is 4.92 Å². The van der Waals surface area contributed by atoms with Gasteiger partial charge in [-0.3, -0.25) is 14.9 Å². The fourth-order valence-corrected chi connectivity index (χ4v) is 4.04. The molecule has 0 aliphatic rings. The fourth-order valence-electron chi connectivity index (χ4n) is 3.08. The van der Waals surface area contributed by atoms with Crippen molar-refractivity contribution in [2.24, 2.45) is 0 Å². The van der Waals surface area contributed by atoms with Crippen LogP contribution < -0.4 is 14.8 Å². The maximum atomic E-state index is 12.4. The summed E-state index contributed by atoms with van der Waals surface area (Å²) in [7, 11) is 1.47. The van der Waals surface area contributed by atoms with Crippen molar-refractivity contribution in [2.75, 3.05) is 19.0 Å². The third kappa shape index (κ3) is 6.71. The van der Waals surface area contributed by atoms with Gasteiger partial charge in [-0.15, -0.1) is 0 Å². The van der Waals surface area contributed by atoms with Crippen LogP contribution in [0.25, 0.3) is 11.6 Å². The number of benzene rings is 3. The topological polar surface area (TPSA) is 114 Å². The first-order valence-corrected chi connectivity index (χ1v) is 11.6. The van der Waals surface area contributed by atoms with Crippen LogP contribution in [0.2, 0.25) is 5.02 Å². The number of anilines is 1. The van der Waals surface area contributed by atoms with E-state index in [0.29, 0.717) is 42.5 Å². The van der Waals surface area contributed by atoms with E-state index in [0.717, 1.165) is 5.56 Å². The van der Waals surface area contributed by atoms with Crippen molar-refractivity contribution < 1.29 is 19.2 Å². The molecule has 1 amide bonds. The predicted molar refractivity (Wildman–Crippen MR) is 143 cm³/mol. The molecule has 0 spiro atoms. The summed E-state index contributed by atoms with van der Waals surface area (Å²) in [5.74, 6) is 0.406. The molecule has 3 rings (SSSR count). The van der Waals surface area contributed by atoms with Crippen LogP contribution >= 0.6 is 34.2 Å². The number of nitro benzene ring substituents is 1. The van der Waals surface area contributed by atoms with Gasteiger partial charge in [0.25, 0.3) is 11.6 Å². The summed E-state index contributed by atoms with van der Waals surface area (Å²) in [6.45, 7) is 1.62. The molecule has 178 valence electrons. The number of amides is 1. The van der Waals surface area contributed by atoms with Crippen LogP contribution in [0.1, 0.15) is 16.7 Å². The van der Waals surface area contributed by atoms with Crippen LogP contribution in [-0.2, 0) is 4.79 Å². The van der Waals surface area contributed by atoms with E-state index in [2.05, 4.69) is 34.0 Å². The lowest BCUT2D eigenvalue weighted by Crippen LogP contribution is -2.20. The third-order valence-corrected chi connectivity index (χ3v) is 6.08. The molecule has 0 bridgehead atoms. The Hall–Kier alpha value is -3.62. The Morgan fingerprint density at radius 3 is 2.54 bits per heavy atom. The highest BCUT2D eigenvalue weighted by Crippen LogP contribution is 2.35. The van der Waals surface area contributed by atoms with Gasteiger partial charge in [0.1, 0.15) is 0 Å². The number of nitro groups is 1. The van der Waals surface area contributed by atoms with Gasteiger partial charge in [0.2, 0.25) is 0 Å². The van der Waals surface area contributed by atoms with Crippen molar-refractivity contribution in [3.05, 3.63) is 90.0 Å². The van der Waals surface area contributed by atoms with Crippen LogP contribution in [0.15, 0.2) is 54.6 Å². The molecule has 0 fully saturated rings. The van der Waals surface area contributed by atoms with Crippen molar-refractivity contribution in [1.29, 1.82) is 5.26 Å². The number of carbonyl (C=O) groups is 1. The Bertz CT molecular complexity index is 1350. The normalized spacial score (nSPS) is 10.9. The Labute approximate surface area is 220 Å². The Kier molecular flexibility index (Phi) is 8.68. The van der Waals surface area contributed by atoms with Gasteiger partial charge in [-0.2, -0.15) is 5.26 Å². The van der Waals surface area contributed by atoms with Gasteiger partial charge < -0.3 is 14.8 Å². The monoisotopic (exact) mass is 603 g/mol. The van der Waals surface area contributed by atoms with Gasteiger partial charge in [-0.25, -0.2) is 0 Å². The highest BCUT2D eigenvalue weighted by Gasteiger charge is 2.15. The minimum absolute atomic E-state index is 0.0572. The summed E-state index contributed by atoms with van der Waals surface area (Å²) in [6.07, 6.45) is 1.64. The molecule has 8 nitrogen and oxygen atoms in total. The third-order valence-electron chi connectivity index (χ3n) is 4.88. The zero-order valence-electron chi connectivity index (χ0n) is 18.7. The molecule has 3 aromatic carbocycles. The molecular weight excluding hydrogens is 585 g/mol. The van der Waals surface area contributed by atoms with Crippen LogP contribution in [0.3, 0.4) is 0 Å². The molecule has 0 unspecified atom stereocenters. The smallest absolute Gasteiger partial charge is 0.269 e. The largest absolute Gasteiger partial charge is 0.493 e. The quantitative estimate of drug-likeness (QED) is 0.107. The fraction of sp³-hybridized carbons (Fsp3) is 0.120. The number of rotatable bonds is 8. The second-order valence-corrected chi connectivity index (χ2v) is 8.88. The first kappa shape index (κ1) is 26.0. The summed E-state index contributed by atoms with van der Waals surface area (Å²) < 4.78 is 11.8. The van der Waals surface area contributed by atoms with Gasteiger partial charge in [-0.1, -0.05) is 17.7 Å². The number of carbonyl (C=O) groups excluding carboxylic acids is 1. The number of nitrogens with one attached hydrogen (secondary N) is 1. The summed E-state index contributed by atoms with van der Waals surface area (Å²) in [5, 5.41) is 23.8. The molecule has 0 saturated heterocycles. The molecule has 0 aliphatic carbocycles. The van der Waals surface area contributed by atoms with E-state index in [1.54, 1.807) is 30.3 Å². The number of hydrogen-bond donors (Lipinski definition) is 1. The molecule has 0 heterocycles. The number of halogens is 2. The maximum Gasteiger partial charge on any atom is 0.269 e. The van der Waals surface area contributed by atoms with E-state index in [1.165, 1.54) is 31.4 Å². The number of aryl methyl sites for hydroxylation is 1. The van der Waals surface area contributed by atoms with Gasteiger partial charge in [0.05, 0.1) is 27.2 Å². The lowest BCUT2D eigenvalue weighted by Gasteiger charge is -2.14. The van der Waals surface area contributed by atoms with Crippen molar-refractivity contribution in [1.82, 2.24) is 0 Å². The van der Waals surface area contributed by atoms with E-state index in [9.17, 15) is 20.2 Å². The van der Waals surface area contributed by atoms with E-state index in [1.807, 2.05) is 13.0 Å². The second-order valence-electron chi connectivity index (χ2n) is 7.31. The Balaban J connectivity index is 1.78. The minimum atomic E-state index is -0.498. The van der Waals surface area contributed by atoms with E-state index >= 15 is 0 Å². The SMILES string of the molecule is COc1cc(/C=C(\C#N)c2ccc([N+](=O)[O-])cc2)cc(I)c1OCC(=O)Nc1ccc(C)c(Cl)c1. The highest BCUT2D eigenvalue weighted by atomic mass is 127. The molecule has 0 atom stereocenters. The van der Waals surface area contributed by atoms with Crippen molar-refractivity contribution >= 4 is 63.1 Å². The van der Waals surface area contributed by atoms with E-state index in [-0.39, 0.29) is 18.2 Å². The van der Waals surface area contributed by atoms with Crippen LogP contribution in [0.4, 0.5) is 11.4 Å². The molecule has 3 aromatic rings. The first-order chi connectivity index (χ1) is 16.7. The molecule has 10 heteroatoms. The number of allylic oxidation sites excluding steroid dienone is 1. The molecular formula is C25H19ClIN3O5. The number of nitrogens with zero attached hydrogens (tertiary/aromatic N) is 2. The van der Waals surface area contributed by atoms with Gasteiger partial charge in [-0.05, 0) is 88.7 Å². The van der Waals surface area contributed by atoms with Gasteiger partial charge in [0, 0.05) is 22.8 Å². The average molecular weight is 604 g/mol. The van der Waals surface area contributed by atoms with Crippen molar-refractivity contribution in [2.45, 2.75) is 6.92 Å². The van der Waals surface area contributed by atoms with Crippen molar-refractivity contribution in [3.63, 3.8) is 0 Å². The lowest BCUT2D eigenvalue weighted by molar-refractivity contribution is -0.384. The molecule has 0 aromatic heterocycles. The zero-order chi connectivity index (χ0) is 25.5. The molecule has 1 N–H and O–H groups in total. The van der Waals surface area contributed by atoms with Crippen LogP contribution in [0.5, 0.6) is 11.5 Å². The molecule has 0 aliphatic heterocycles. The molecule has 35 heavy (non-hydrogen) atoms. The number of hydrogen-bond acceptors (Lipinski definition) is 6. The number of nitriles is 1. The summed E-state index contributed by atoms with van der Waals surface area (Å²) in [4.78, 5) is 22.7. The highest BCUT2D eigenvalue weighted by molar-refractivity contribution is 14.1. The maximum absolute atomic E-state index is 12.4. The number of non-ortho nitro benzene ring substituents is 1. The van der Waals surface area contributed by atoms with Crippen molar-refractivity contribution in [3.8, 4) is 17.6 Å². The number of ether oxygens (including phenoxy) is 2. The zero-order valence-corrected chi connectivity index (χ0v) is 21.6. The average Bonchev–Trinajstić information content (AvgIpc) is 2.83. The second kappa shape index (κ2) is 11.7. The predicted octanol–water partition coefficient (Wildman–Crippen LogP) is 6.25. The minimum Gasteiger partial charge on any atom is -0.493 e. The lowest BCUT2D eigenvalue weighted by atomic mass is 10.0. The molecule has 0 radical (unpaired) electrons. The Morgan fingerprint density at radius 2 is 1.94 bits per heavy atom. The summed E-state index contributed by atoms with van der Waals surface area (Å²) >= 11 is 8.16. The van der Waals surface area contributed by atoms with Crippen LogP contribution in [-0.4, -0.2) is 24.5 Å². The van der Waals surface area contributed by atoms with Gasteiger partial charge >= 0.3 is 0 Å². The summed E-state index contributed by atoms with van der Waals surface area (Å²) in [6, 6.07) is 16.5. The summed E-state index contributed by atoms with van der Waals surface area (Å²) in [5.41, 5.74) is 2.93. The number of methoxy groups -OCH3 is 1. The Morgan fingerprint density at radius 1 is 1.23 bits per heavy atom. The van der Waals surface area contributed by atoms with Crippen LogP contribution in [0, 0.1) is 31.9 Å². The van der Waals surface area contributed by atoms with Gasteiger partial charge in [0.15, 0.2) is 18.1 Å².